The molecule has 13 heteroatoms. The lowest BCUT2D eigenvalue weighted by molar-refractivity contribution is -0.149. The van der Waals surface area contributed by atoms with Gasteiger partial charge in [-0.25, -0.2) is 25.1 Å². The molecule has 0 aliphatic carbocycles. The van der Waals surface area contributed by atoms with Crippen molar-refractivity contribution in [2.24, 2.45) is 0 Å². The zero-order valence-corrected chi connectivity index (χ0v) is 23.4. The van der Waals surface area contributed by atoms with Crippen molar-refractivity contribution >= 4 is 42.0 Å². The number of halogens is 1. The maximum Gasteiger partial charge on any atom is 0.326 e. The molecule has 1 aromatic carbocycles. The first-order valence-electron chi connectivity index (χ1n) is 12.1. The van der Waals surface area contributed by atoms with Gasteiger partial charge < -0.3 is 19.8 Å². The first-order chi connectivity index (χ1) is 17.4. The Bertz CT molecular complexity index is 1250. The van der Waals surface area contributed by atoms with Gasteiger partial charge in [-0.05, 0) is 51.8 Å². The largest absolute Gasteiger partial charge is 0.464 e. The van der Waals surface area contributed by atoms with E-state index in [1.807, 2.05) is 32.9 Å². The molecule has 3 atom stereocenters. The Balaban J connectivity index is 1.76. The van der Waals surface area contributed by atoms with E-state index >= 15 is 0 Å². The number of hydrogen-bond acceptors (Lipinski definition) is 8. The zero-order chi connectivity index (χ0) is 27.2. The molecular formula is C24H35ClN7O4P. The molecule has 0 fully saturated rings. The molecule has 202 valence electrons. The highest BCUT2D eigenvalue weighted by atomic mass is 35.5. The van der Waals surface area contributed by atoms with Crippen LogP contribution in [0.15, 0.2) is 36.9 Å². The second-order valence-corrected chi connectivity index (χ2v) is 12.1. The van der Waals surface area contributed by atoms with Crippen LogP contribution < -0.4 is 15.9 Å². The highest BCUT2D eigenvalue weighted by molar-refractivity contribution is 7.59. The molecular weight excluding hydrogens is 517 g/mol. The molecule has 0 amide bonds. The molecule has 0 spiro atoms. The average molecular weight is 552 g/mol. The van der Waals surface area contributed by atoms with Crippen molar-refractivity contribution in [1.29, 1.82) is 0 Å². The summed E-state index contributed by atoms with van der Waals surface area (Å²) in [6.45, 7) is 9.59. The van der Waals surface area contributed by atoms with Crippen LogP contribution in [0, 0.1) is 0 Å². The van der Waals surface area contributed by atoms with Gasteiger partial charge in [-0.1, -0.05) is 30.7 Å². The molecule has 2 heterocycles. The van der Waals surface area contributed by atoms with Gasteiger partial charge in [-0.3, -0.25) is 9.36 Å². The van der Waals surface area contributed by atoms with Crippen LogP contribution in [0.1, 0.15) is 52.6 Å². The van der Waals surface area contributed by atoms with E-state index in [2.05, 4.69) is 25.1 Å². The number of nitrogen functional groups attached to an aromatic ring is 1. The van der Waals surface area contributed by atoms with Crippen LogP contribution >= 0.6 is 19.0 Å². The molecule has 2 aromatic heterocycles. The van der Waals surface area contributed by atoms with Gasteiger partial charge in [0.15, 0.2) is 11.5 Å². The molecule has 4 N–H and O–H groups in total. The van der Waals surface area contributed by atoms with E-state index in [1.54, 1.807) is 36.9 Å². The smallest absolute Gasteiger partial charge is 0.326 e. The standard InChI is InChI=1S/C24H35ClN7O4P/c1-6-11-35-23(33)24(4,5)31-37(34,30-17(3)18-7-9-19(25)10-8-18)15-36-16(2)12-32-14-29-20-21(26)27-13-28-22(20)32/h7-10,13-14,16-17H,6,11-12,15H2,1-5H3,(H2,26,27,28)(H2,30,31,34)/t16-,17+,37?/m1/s1. The number of nitrogens with zero attached hydrogens (tertiary/aromatic N) is 4. The minimum Gasteiger partial charge on any atom is -0.464 e. The van der Waals surface area contributed by atoms with Crippen LogP contribution in [0.5, 0.6) is 0 Å². The number of aromatic nitrogens is 4. The van der Waals surface area contributed by atoms with E-state index in [0.29, 0.717) is 35.0 Å². The van der Waals surface area contributed by atoms with E-state index in [-0.39, 0.29) is 25.1 Å². The van der Waals surface area contributed by atoms with Gasteiger partial charge in [-0.15, -0.1) is 0 Å². The molecule has 0 aliphatic heterocycles. The summed E-state index contributed by atoms with van der Waals surface area (Å²) in [5, 5.41) is 6.77. The van der Waals surface area contributed by atoms with E-state index in [9.17, 15) is 9.36 Å². The monoisotopic (exact) mass is 551 g/mol. The van der Waals surface area contributed by atoms with Crippen molar-refractivity contribution < 1.29 is 18.8 Å². The normalized spacial score (nSPS) is 15.3. The Morgan fingerprint density at radius 2 is 1.92 bits per heavy atom. The Labute approximate surface area is 222 Å². The zero-order valence-electron chi connectivity index (χ0n) is 21.8. The number of carbonyl (C=O) groups is 1. The van der Waals surface area contributed by atoms with Gasteiger partial charge in [0.05, 0.1) is 25.6 Å². The average Bonchev–Trinajstić information content (AvgIpc) is 3.25. The van der Waals surface area contributed by atoms with E-state index in [0.717, 1.165) is 5.56 Å². The molecule has 0 bridgehead atoms. The molecule has 1 unspecified atom stereocenters. The van der Waals surface area contributed by atoms with Crippen LogP contribution in [0.3, 0.4) is 0 Å². The van der Waals surface area contributed by atoms with Crippen molar-refractivity contribution in [2.45, 2.75) is 65.3 Å². The molecule has 3 rings (SSSR count). The lowest BCUT2D eigenvalue weighted by Gasteiger charge is -2.33. The van der Waals surface area contributed by atoms with Crippen LogP contribution in [0.25, 0.3) is 11.2 Å². The van der Waals surface area contributed by atoms with Gasteiger partial charge in [0.1, 0.15) is 23.7 Å². The Hall–Kier alpha value is -2.56. The molecule has 0 saturated carbocycles. The Morgan fingerprint density at radius 1 is 1.22 bits per heavy atom. The number of nitrogens with two attached hydrogens (primary N) is 1. The van der Waals surface area contributed by atoms with Gasteiger partial charge in [0.25, 0.3) is 0 Å². The third-order valence-corrected chi connectivity index (χ3v) is 8.09. The summed E-state index contributed by atoms with van der Waals surface area (Å²) < 4.78 is 27.3. The van der Waals surface area contributed by atoms with Gasteiger partial charge in [0, 0.05) is 11.1 Å². The first kappa shape index (κ1) is 29.0. The van der Waals surface area contributed by atoms with Gasteiger partial charge in [-0.2, -0.15) is 0 Å². The highest BCUT2D eigenvalue weighted by Crippen LogP contribution is 2.42. The molecule has 11 nitrogen and oxygen atoms in total. The summed E-state index contributed by atoms with van der Waals surface area (Å²) in [6.07, 6.45) is 3.13. The fourth-order valence-corrected chi connectivity index (χ4v) is 6.27. The van der Waals surface area contributed by atoms with Crippen LogP contribution in [0.2, 0.25) is 5.02 Å². The predicted molar refractivity (Wildman–Crippen MR) is 144 cm³/mol. The third-order valence-electron chi connectivity index (χ3n) is 5.60. The first-order valence-corrected chi connectivity index (χ1v) is 14.3. The number of fused-ring (bicyclic) bond motifs is 1. The van der Waals surface area contributed by atoms with Crippen LogP contribution in [-0.2, 0) is 25.4 Å². The summed E-state index contributed by atoms with van der Waals surface area (Å²) in [6, 6.07) is 6.92. The number of hydrogen-bond donors (Lipinski definition) is 3. The quantitative estimate of drug-likeness (QED) is 0.207. The minimum atomic E-state index is -3.49. The SMILES string of the molecule is CCCOC(=O)C(C)(C)NP(=O)(CO[C@H](C)Cn1cnc2c(N)ncnc21)N[C@@H](C)c1ccc(Cl)cc1. The number of benzene rings is 1. The van der Waals surface area contributed by atoms with Gasteiger partial charge in [0.2, 0.25) is 7.44 Å². The maximum absolute atomic E-state index is 14.2. The summed E-state index contributed by atoms with van der Waals surface area (Å²) >= 11 is 6.02. The number of esters is 1. The molecule has 37 heavy (non-hydrogen) atoms. The van der Waals surface area contributed by atoms with Crippen molar-refractivity contribution in [3.05, 3.63) is 47.5 Å². The van der Waals surface area contributed by atoms with Crippen molar-refractivity contribution in [1.82, 2.24) is 29.7 Å². The summed E-state index contributed by atoms with van der Waals surface area (Å²) in [5.74, 6) is -0.200. The fourth-order valence-electron chi connectivity index (χ4n) is 3.71. The van der Waals surface area contributed by atoms with E-state index in [4.69, 9.17) is 26.8 Å². The van der Waals surface area contributed by atoms with E-state index in [1.165, 1.54) is 6.33 Å². The second kappa shape index (κ2) is 12.3. The van der Waals surface area contributed by atoms with E-state index < -0.39 is 19.0 Å². The number of rotatable bonds is 13. The highest BCUT2D eigenvalue weighted by Gasteiger charge is 2.38. The molecule has 0 aliphatic rings. The lowest BCUT2D eigenvalue weighted by atomic mass is 10.1. The predicted octanol–water partition coefficient (Wildman–Crippen LogP) is 4.29. The fraction of sp³-hybridized carbons (Fsp3) is 0.500. The molecule has 0 saturated heterocycles. The molecule has 0 radical (unpaired) electrons. The minimum absolute atomic E-state index is 0.180. The summed E-state index contributed by atoms with van der Waals surface area (Å²) in [4.78, 5) is 25.1. The third kappa shape index (κ3) is 7.72. The Kier molecular flexibility index (Phi) is 9.66. The van der Waals surface area contributed by atoms with Crippen LogP contribution in [-0.4, -0.2) is 50.1 Å². The topological polar surface area (TPSA) is 146 Å². The number of nitrogens with one attached hydrogen (secondary N) is 2. The number of anilines is 1. The summed E-state index contributed by atoms with van der Waals surface area (Å²) in [5.41, 5.74) is 6.62. The number of imidazole rings is 1. The Morgan fingerprint density at radius 3 is 2.59 bits per heavy atom. The summed E-state index contributed by atoms with van der Waals surface area (Å²) in [7, 11) is -3.49. The van der Waals surface area contributed by atoms with Crippen molar-refractivity contribution in [2.75, 3.05) is 18.7 Å². The molecule has 3 aromatic rings. The van der Waals surface area contributed by atoms with Crippen molar-refractivity contribution in [3.63, 3.8) is 0 Å². The number of carbonyl (C=O) groups excluding carboxylic acids is 1. The van der Waals surface area contributed by atoms with Crippen molar-refractivity contribution in [3.8, 4) is 0 Å². The maximum atomic E-state index is 14.2. The number of ether oxygens (including phenoxy) is 2. The second-order valence-electron chi connectivity index (χ2n) is 9.45. The van der Waals surface area contributed by atoms with Gasteiger partial charge >= 0.3 is 5.97 Å². The lowest BCUT2D eigenvalue weighted by Crippen LogP contribution is -2.49. The van der Waals surface area contributed by atoms with Crippen LogP contribution in [0.4, 0.5) is 5.82 Å².